The second-order valence-corrected chi connectivity index (χ2v) is 6.12. The molecule has 1 nitrogen and oxygen atoms in total. The molecule has 0 bridgehead atoms. The summed E-state index contributed by atoms with van der Waals surface area (Å²) < 4.78 is 4.45. The van der Waals surface area contributed by atoms with Crippen molar-refractivity contribution >= 4 is 23.1 Å². The summed E-state index contributed by atoms with van der Waals surface area (Å²) in [6, 6.07) is 2.14. The molecule has 1 aromatic heterocycles. The van der Waals surface area contributed by atoms with Gasteiger partial charge in [-0.2, -0.15) is 4.37 Å². The second-order valence-electron chi connectivity index (χ2n) is 4.84. The van der Waals surface area contributed by atoms with Gasteiger partial charge in [0.15, 0.2) is 0 Å². The number of aromatic nitrogens is 1. The van der Waals surface area contributed by atoms with Gasteiger partial charge in [-0.3, -0.25) is 0 Å². The number of nitrogens with zero attached hydrogens (tertiary/aromatic N) is 1. The summed E-state index contributed by atoms with van der Waals surface area (Å²) >= 11 is 7.77. The highest BCUT2D eigenvalue weighted by atomic mass is 35.5. The molecule has 78 valence electrons. The summed E-state index contributed by atoms with van der Waals surface area (Å²) in [5.74, 6) is 0.546. The van der Waals surface area contributed by atoms with Crippen molar-refractivity contribution in [3.63, 3.8) is 0 Å². The van der Waals surface area contributed by atoms with Crippen LogP contribution in [0.25, 0.3) is 0 Å². The average Bonchev–Trinajstić information content (AvgIpc) is 2.62. The average molecular weight is 230 g/mol. The Morgan fingerprint density at radius 3 is 3.00 bits per heavy atom. The fraction of sp³-hybridized carbons (Fsp3) is 0.727. The minimum Gasteiger partial charge on any atom is -0.197 e. The number of hydrogen-bond donors (Lipinski definition) is 0. The molecule has 0 N–H and O–H groups in total. The van der Waals surface area contributed by atoms with E-state index >= 15 is 0 Å². The molecule has 0 aliphatic heterocycles. The maximum atomic E-state index is 6.23. The van der Waals surface area contributed by atoms with Crippen molar-refractivity contribution in [2.45, 2.75) is 44.4 Å². The Labute approximate surface area is 94.6 Å². The van der Waals surface area contributed by atoms with E-state index in [-0.39, 0.29) is 0 Å². The standard InChI is InChI=1S/C11H16ClNS/c1-11(2)5-3-8(12)7-9(11)10-4-6-14-13-10/h4,6,8-9H,3,5,7H2,1-2H3. The maximum Gasteiger partial charge on any atom is 0.0578 e. The number of hydrogen-bond acceptors (Lipinski definition) is 2. The van der Waals surface area contributed by atoms with Gasteiger partial charge in [0.25, 0.3) is 0 Å². The zero-order valence-electron chi connectivity index (χ0n) is 8.66. The zero-order chi connectivity index (χ0) is 10.2. The van der Waals surface area contributed by atoms with E-state index in [1.54, 1.807) is 11.5 Å². The number of halogens is 1. The molecular formula is C11H16ClNS. The molecule has 0 spiro atoms. The highest BCUT2D eigenvalue weighted by Gasteiger charge is 2.37. The van der Waals surface area contributed by atoms with Crippen molar-refractivity contribution in [3.8, 4) is 0 Å². The summed E-state index contributed by atoms with van der Waals surface area (Å²) in [5.41, 5.74) is 1.60. The SMILES string of the molecule is CC1(C)CCC(Cl)CC1c1ccsn1. The normalized spacial score (nSPS) is 31.6. The molecule has 2 atom stereocenters. The van der Waals surface area contributed by atoms with Gasteiger partial charge in [-0.1, -0.05) is 13.8 Å². The topological polar surface area (TPSA) is 12.9 Å². The predicted octanol–water partition coefficient (Wildman–Crippen LogP) is 4.04. The molecule has 1 saturated carbocycles. The minimum absolute atomic E-state index is 0.342. The van der Waals surface area contributed by atoms with Gasteiger partial charge in [-0.25, -0.2) is 0 Å². The molecule has 1 aliphatic carbocycles. The van der Waals surface area contributed by atoms with E-state index in [0.717, 1.165) is 12.8 Å². The van der Waals surface area contributed by atoms with Crippen molar-refractivity contribution < 1.29 is 0 Å². The van der Waals surface area contributed by atoms with Crippen LogP contribution in [0.1, 0.15) is 44.7 Å². The van der Waals surface area contributed by atoms with Crippen LogP contribution in [0.5, 0.6) is 0 Å². The molecular weight excluding hydrogens is 214 g/mol. The van der Waals surface area contributed by atoms with E-state index in [1.165, 1.54) is 12.1 Å². The molecule has 1 aliphatic rings. The lowest BCUT2D eigenvalue weighted by molar-refractivity contribution is 0.200. The van der Waals surface area contributed by atoms with Crippen LogP contribution < -0.4 is 0 Å². The lowest BCUT2D eigenvalue weighted by Gasteiger charge is -2.39. The van der Waals surface area contributed by atoms with Crippen molar-refractivity contribution in [2.24, 2.45) is 5.41 Å². The molecule has 1 heterocycles. The Balaban J connectivity index is 2.22. The summed E-state index contributed by atoms with van der Waals surface area (Å²) in [6.07, 6.45) is 3.44. The molecule has 3 heteroatoms. The third-order valence-corrected chi connectivity index (χ3v) is 4.32. The summed E-state index contributed by atoms with van der Waals surface area (Å²) in [7, 11) is 0. The third kappa shape index (κ3) is 1.96. The van der Waals surface area contributed by atoms with Gasteiger partial charge in [0.1, 0.15) is 0 Å². The van der Waals surface area contributed by atoms with E-state index < -0.39 is 0 Å². The zero-order valence-corrected chi connectivity index (χ0v) is 10.2. The van der Waals surface area contributed by atoms with Crippen molar-refractivity contribution in [1.82, 2.24) is 4.37 Å². The lowest BCUT2D eigenvalue weighted by Crippen LogP contribution is -2.30. The van der Waals surface area contributed by atoms with Crippen molar-refractivity contribution in [3.05, 3.63) is 17.1 Å². The van der Waals surface area contributed by atoms with Crippen molar-refractivity contribution in [1.29, 1.82) is 0 Å². The van der Waals surface area contributed by atoms with Crippen LogP contribution in [-0.4, -0.2) is 9.75 Å². The first-order valence-corrected chi connectivity index (χ1v) is 6.41. The van der Waals surface area contributed by atoms with Crippen LogP contribution in [0.3, 0.4) is 0 Å². The monoisotopic (exact) mass is 229 g/mol. The fourth-order valence-electron chi connectivity index (χ4n) is 2.32. The number of alkyl halides is 1. The van der Waals surface area contributed by atoms with E-state index in [9.17, 15) is 0 Å². The van der Waals surface area contributed by atoms with Gasteiger partial charge >= 0.3 is 0 Å². The fourth-order valence-corrected chi connectivity index (χ4v) is 3.18. The smallest absolute Gasteiger partial charge is 0.0578 e. The van der Waals surface area contributed by atoms with E-state index in [0.29, 0.717) is 16.7 Å². The van der Waals surface area contributed by atoms with Crippen LogP contribution >= 0.6 is 23.1 Å². The van der Waals surface area contributed by atoms with E-state index in [1.807, 2.05) is 0 Å². The van der Waals surface area contributed by atoms with Crippen LogP contribution in [-0.2, 0) is 0 Å². The Morgan fingerprint density at radius 2 is 2.36 bits per heavy atom. The number of rotatable bonds is 1. The molecule has 2 unspecified atom stereocenters. The van der Waals surface area contributed by atoms with Crippen molar-refractivity contribution in [2.75, 3.05) is 0 Å². The first-order chi connectivity index (χ1) is 6.59. The molecule has 0 saturated heterocycles. The lowest BCUT2D eigenvalue weighted by atomic mass is 9.67. The third-order valence-electron chi connectivity index (χ3n) is 3.35. The molecule has 0 amide bonds. The van der Waals surface area contributed by atoms with Gasteiger partial charge in [-0.05, 0) is 42.3 Å². The molecule has 0 aromatic carbocycles. The molecule has 1 fully saturated rings. The Kier molecular flexibility index (Phi) is 2.85. The van der Waals surface area contributed by atoms with Crippen LogP contribution in [0.4, 0.5) is 0 Å². The summed E-state index contributed by atoms with van der Waals surface area (Å²) in [4.78, 5) is 0. The maximum absolute atomic E-state index is 6.23. The summed E-state index contributed by atoms with van der Waals surface area (Å²) in [6.45, 7) is 4.67. The highest BCUT2D eigenvalue weighted by molar-refractivity contribution is 7.03. The van der Waals surface area contributed by atoms with E-state index in [4.69, 9.17) is 11.6 Å². The van der Waals surface area contributed by atoms with Gasteiger partial charge in [0.05, 0.1) is 5.69 Å². The predicted molar refractivity (Wildman–Crippen MR) is 62.1 cm³/mol. The Bertz CT molecular complexity index is 294. The van der Waals surface area contributed by atoms with Gasteiger partial charge in [0.2, 0.25) is 0 Å². The van der Waals surface area contributed by atoms with Gasteiger partial charge in [-0.15, -0.1) is 11.6 Å². The molecule has 1 aromatic rings. The van der Waals surface area contributed by atoms with Gasteiger partial charge in [0, 0.05) is 16.7 Å². The first-order valence-electron chi connectivity index (χ1n) is 5.14. The van der Waals surface area contributed by atoms with Crippen LogP contribution in [0, 0.1) is 5.41 Å². The molecule has 0 radical (unpaired) electrons. The highest BCUT2D eigenvalue weighted by Crippen LogP contribution is 2.47. The largest absolute Gasteiger partial charge is 0.197 e. The van der Waals surface area contributed by atoms with Crippen LogP contribution in [0.15, 0.2) is 11.4 Å². The summed E-state index contributed by atoms with van der Waals surface area (Å²) in [5, 5.41) is 2.40. The van der Waals surface area contributed by atoms with Crippen LogP contribution in [0.2, 0.25) is 0 Å². The second kappa shape index (κ2) is 3.82. The first kappa shape index (κ1) is 10.4. The minimum atomic E-state index is 0.342. The van der Waals surface area contributed by atoms with E-state index in [2.05, 4.69) is 29.7 Å². The quantitative estimate of drug-likeness (QED) is 0.663. The van der Waals surface area contributed by atoms with Gasteiger partial charge < -0.3 is 0 Å². The Hall–Kier alpha value is -0.0800. The Morgan fingerprint density at radius 1 is 1.57 bits per heavy atom. The molecule has 14 heavy (non-hydrogen) atoms. The molecule has 2 rings (SSSR count).